The van der Waals surface area contributed by atoms with Crippen molar-refractivity contribution in [3.05, 3.63) is 29.8 Å². The normalized spacial score (nSPS) is 16.7. The van der Waals surface area contributed by atoms with Crippen LogP contribution in [0.4, 0.5) is 5.69 Å². The fourth-order valence-corrected chi connectivity index (χ4v) is 4.70. The van der Waals surface area contributed by atoms with Crippen LogP contribution in [0.3, 0.4) is 0 Å². The fourth-order valence-electron chi connectivity index (χ4n) is 3.29. The van der Waals surface area contributed by atoms with E-state index in [2.05, 4.69) is 16.7 Å². The molecule has 0 aliphatic heterocycles. The van der Waals surface area contributed by atoms with Gasteiger partial charge in [-0.2, -0.15) is 0 Å². The molecule has 1 aromatic carbocycles. The van der Waals surface area contributed by atoms with Crippen LogP contribution in [0.15, 0.2) is 24.3 Å². The molecular weight excluding hydrogens is 320 g/mol. The third-order valence-electron chi connectivity index (χ3n) is 4.86. The Bertz CT molecular complexity index is 608. The van der Waals surface area contributed by atoms with Gasteiger partial charge in [-0.05, 0) is 43.9 Å². The summed E-state index contributed by atoms with van der Waals surface area (Å²) in [6, 6.07) is 8.39. The molecule has 1 aromatic rings. The smallest absolute Gasteiger partial charge is 0.232 e. The first-order valence-corrected chi connectivity index (χ1v) is 10.8. The molecule has 1 aliphatic carbocycles. The maximum Gasteiger partial charge on any atom is 0.232 e. The van der Waals surface area contributed by atoms with Crippen LogP contribution < -0.4 is 4.72 Å². The number of nitrogens with zero attached hydrogens (tertiary/aromatic N) is 1. The Hall–Kier alpha value is -1.07. The zero-order chi connectivity index (χ0) is 17.6. The molecule has 1 N–H and O–H groups in total. The van der Waals surface area contributed by atoms with E-state index < -0.39 is 10.0 Å². The van der Waals surface area contributed by atoms with Crippen LogP contribution >= 0.6 is 0 Å². The molecule has 1 saturated carbocycles. The monoisotopic (exact) mass is 352 g/mol. The lowest BCUT2D eigenvalue weighted by atomic mass is 9.94. The van der Waals surface area contributed by atoms with E-state index in [1.54, 1.807) is 0 Å². The molecule has 5 heteroatoms. The van der Waals surface area contributed by atoms with Gasteiger partial charge in [0.05, 0.1) is 11.4 Å². The molecule has 0 heterocycles. The van der Waals surface area contributed by atoms with Crippen LogP contribution in [-0.2, 0) is 16.6 Å². The molecule has 0 radical (unpaired) electrons. The molecule has 136 valence electrons. The summed E-state index contributed by atoms with van der Waals surface area (Å²) < 4.78 is 27.4. The molecule has 4 nitrogen and oxygen atoms in total. The third-order valence-corrected chi connectivity index (χ3v) is 6.17. The minimum atomic E-state index is -3.28. The Balaban J connectivity index is 2.03. The quantitative estimate of drug-likeness (QED) is 0.761. The average Bonchev–Trinajstić information content (AvgIpc) is 2.55. The van der Waals surface area contributed by atoms with Crippen molar-refractivity contribution in [1.29, 1.82) is 0 Å². The van der Waals surface area contributed by atoms with Gasteiger partial charge in [0.1, 0.15) is 0 Å². The van der Waals surface area contributed by atoms with Crippen molar-refractivity contribution >= 4 is 15.7 Å². The van der Waals surface area contributed by atoms with E-state index in [9.17, 15) is 8.42 Å². The van der Waals surface area contributed by atoms with Crippen LogP contribution in [-0.4, -0.2) is 32.2 Å². The second-order valence-electron chi connectivity index (χ2n) is 7.47. The summed E-state index contributed by atoms with van der Waals surface area (Å²) in [7, 11) is -1.13. The maximum atomic E-state index is 12.3. The highest BCUT2D eigenvalue weighted by Gasteiger charge is 2.20. The van der Waals surface area contributed by atoms with Gasteiger partial charge in [-0.1, -0.05) is 51.3 Å². The molecule has 24 heavy (non-hydrogen) atoms. The maximum absolute atomic E-state index is 12.3. The summed E-state index contributed by atoms with van der Waals surface area (Å²) in [5.41, 5.74) is 1.78. The van der Waals surface area contributed by atoms with Crippen molar-refractivity contribution < 1.29 is 8.42 Å². The lowest BCUT2D eigenvalue weighted by molar-refractivity contribution is 0.185. The SMILES string of the molecule is CC(C)CCS(=O)(=O)Nc1ccccc1CN(C)C1CCCCC1. The Kier molecular flexibility index (Phi) is 7.11. The van der Waals surface area contributed by atoms with Crippen molar-refractivity contribution in [3.8, 4) is 0 Å². The Morgan fingerprint density at radius 1 is 1.17 bits per heavy atom. The van der Waals surface area contributed by atoms with Crippen molar-refractivity contribution in [2.24, 2.45) is 5.92 Å². The first-order chi connectivity index (χ1) is 11.4. The van der Waals surface area contributed by atoms with E-state index in [1.165, 1.54) is 32.1 Å². The molecular formula is C19H32N2O2S. The summed E-state index contributed by atoms with van der Waals surface area (Å²) in [6.45, 7) is 4.87. The molecule has 0 spiro atoms. The number of hydrogen-bond acceptors (Lipinski definition) is 3. The van der Waals surface area contributed by atoms with E-state index >= 15 is 0 Å². The van der Waals surface area contributed by atoms with Gasteiger partial charge in [-0.15, -0.1) is 0 Å². The summed E-state index contributed by atoms with van der Waals surface area (Å²) in [6.07, 6.45) is 7.13. The van der Waals surface area contributed by atoms with Crippen LogP contribution in [0.2, 0.25) is 0 Å². The summed E-state index contributed by atoms with van der Waals surface area (Å²) in [4.78, 5) is 2.38. The van der Waals surface area contributed by atoms with Gasteiger partial charge in [-0.25, -0.2) is 8.42 Å². The summed E-state index contributed by atoms with van der Waals surface area (Å²) in [5.74, 6) is 0.562. The van der Waals surface area contributed by atoms with Gasteiger partial charge in [0.25, 0.3) is 0 Å². The van der Waals surface area contributed by atoms with Crippen molar-refractivity contribution in [2.45, 2.75) is 65.0 Å². The molecule has 2 rings (SSSR count). The molecule has 0 saturated heterocycles. The van der Waals surface area contributed by atoms with E-state index in [0.717, 1.165) is 17.8 Å². The zero-order valence-electron chi connectivity index (χ0n) is 15.3. The van der Waals surface area contributed by atoms with Gasteiger partial charge in [0, 0.05) is 12.6 Å². The standard InChI is InChI=1S/C19H32N2O2S/c1-16(2)13-14-24(22,23)20-19-12-8-7-9-17(19)15-21(3)18-10-5-4-6-11-18/h7-9,12,16,18,20H,4-6,10-11,13-15H2,1-3H3. The van der Waals surface area contributed by atoms with Gasteiger partial charge in [-0.3, -0.25) is 9.62 Å². The molecule has 0 atom stereocenters. The number of benzene rings is 1. The number of para-hydroxylation sites is 1. The highest BCUT2D eigenvalue weighted by Crippen LogP contribution is 2.25. The molecule has 0 bridgehead atoms. The summed E-state index contributed by atoms with van der Waals surface area (Å²) in [5, 5.41) is 0. The van der Waals surface area contributed by atoms with E-state index in [-0.39, 0.29) is 5.75 Å². The van der Waals surface area contributed by atoms with Crippen LogP contribution in [0, 0.1) is 5.92 Å². The minimum Gasteiger partial charge on any atom is -0.299 e. The lowest BCUT2D eigenvalue weighted by Gasteiger charge is -2.31. The Morgan fingerprint density at radius 2 is 1.83 bits per heavy atom. The Morgan fingerprint density at radius 3 is 2.50 bits per heavy atom. The first-order valence-electron chi connectivity index (χ1n) is 9.16. The van der Waals surface area contributed by atoms with Crippen molar-refractivity contribution in [3.63, 3.8) is 0 Å². The molecule has 1 fully saturated rings. The second kappa shape index (κ2) is 8.86. The van der Waals surface area contributed by atoms with Crippen molar-refractivity contribution in [2.75, 3.05) is 17.5 Å². The molecule has 1 aliphatic rings. The third kappa shape index (κ3) is 6.10. The number of nitrogens with one attached hydrogen (secondary N) is 1. The zero-order valence-corrected chi connectivity index (χ0v) is 16.1. The topological polar surface area (TPSA) is 49.4 Å². The first kappa shape index (κ1) is 19.3. The Labute approximate surface area is 147 Å². The number of hydrogen-bond donors (Lipinski definition) is 1. The van der Waals surface area contributed by atoms with Crippen LogP contribution in [0.25, 0.3) is 0 Å². The van der Waals surface area contributed by atoms with E-state index in [1.807, 2.05) is 38.1 Å². The fraction of sp³-hybridized carbons (Fsp3) is 0.684. The van der Waals surface area contributed by atoms with Crippen LogP contribution in [0.1, 0.15) is 57.9 Å². The van der Waals surface area contributed by atoms with Crippen LogP contribution in [0.5, 0.6) is 0 Å². The van der Waals surface area contributed by atoms with E-state index in [4.69, 9.17) is 0 Å². The average molecular weight is 353 g/mol. The van der Waals surface area contributed by atoms with Gasteiger partial charge < -0.3 is 0 Å². The van der Waals surface area contributed by atoms with Gasteiger partial charge in [0.2, 0.25) is 10.0 Å². The number of rotatable bonds is 8. The molecule has 0 unspecified atom stereocenters. The second-order valence-corrected chi connectivity index (χ2v) is 9.31. The molecule has 0 aromatic heterocycles. The number of anilines is 1. The van der Waals surface area contributed by atoms with E-state index in [0.29, 0.717) is 18.4 Å². The predicted molar refractivity (Wildman–Crippen MR) is 102 cm³/mol. The predicted octanol–water partition coefficient (Wildman–Crippen LogP) is 4.24. The molecule has 0 amide bonds. The largest absolute Gasteiger partial charge is 0.299 e. The lowest BCUT2D eigenvalue weighted by Crippen LogP contribution is -2.33. The number of sulfonamides is 1. The summed E-state index contributed by atoms with van der Waals surface area (Å²) >= 11 is 0. The van der Waals surface area contributed by atoms with Gasteiger partial charge in [0.15, 0.2) is 0 Å². The van der Waals surface area contributed by atoms with Crippen molar-refractivity contribution in [1.82, 2.24) is 4.90 Å². The minimum absolute atomic E-state index is 0.178. The highest BCUT2D eigenvalue weighted by molar-refractivity contribution is 7.92. The highest BCUT2D eigenvalue weighted by atomic mass is 32.2. The van der Waals surface area contributed by atoms with Gasteiger partial charge >= 0.3 is 0 Å².